The Bertz CT molecular complexity index is 1180. The molecule has 0 spiro atoms. The molecule has 0 saturated carbocycles. The summed E-state index contributed by atoms with van der Waals surface area (Å²) in [5.74, 6) is -0.0968. The van der Waals surface area contributed by atoms with Crippen molar-refractivity contribution in [2.75, 3.05) is 31.5 Å². The molecule has 2 amide bonds. The fraction of sp³-hybridized carbons (Fsp3) is 0.417. The third kappa shape index (κ3) is 4.95. The van der Waals surface area contributed by atoms with Gasteiger partial charge in [-0.3, -0.25) is 9.59 Å². The first-order valence-electron chi connectivity index (χ1n) is 11.4. The van der Waals surface area contributed by atoms with Crippen molar-refractivity contribution in [2.24, 2.45) is 0 Å². The van der Waals surface area contributed by atoms with Gasteiger partial charge in [-0.15, -0.1) is 0 Å². The highest BCUT2D eigenvalue weighted by atomic mass is 35.5. The lowest BCUT2D eigenvalue weighted by molar-refractivity contribution is -0.140. The van der Waals surface area contributed by atoms with Crippen LogP contribution in [0.5, 0.6) is 0 Å². The van der Waals surface area contributed by atoms with Crippen LogP contribution in [0.15, 0.2) is 35.8 Å². The summed E-state index contributed by atoms with van der Waals surface area (Å²) >= 11 is 6.22. The number of nitrogens with zero attached hydrogens (tertiary/aromatic N) is 4. The van der Waals surface area contributed by atoms with E-state index in [4.69, 9.17) is 11.6 Å². The molecule has 2 aromatic rings. The Hall–Kier alpha value is -3.69. The standard InChI is InChI=1S/C24H26ClN7O2/c25-18-14-28-22-17(18)6-5-8-19(22)29-23(16(12-26)13-27)30-20-7-1-2-11-32(24(20)34)15-21(33)31-9-3-4-10-31/h5-6,8,14,20,28-30H,1-4,7,9-11,15H2. The largest absolute Gasteiger partial charge is 0.358 e. The Kier molecular flexibility index (Phi) is 7.24. The van der Waals surface area contributed by atoms with Gasteiger partial charge in [0.1, 0.15) is 24.0 Å². The van der Waals surface area contributed by atoms with Gasteiger partial charge in [0.25, 0.3) is 0 Å². The van der Waals surface area contributed by atoms with E-state index in [0.29, 0.717) is 29.2 Å². The molecule has 0 bridgehead atoms. The van der Waals surface area contributed by atoms with Crippen molar-refractivity contribution in [3.05, 3.63) is 40.8 Å². The average Bonchev–Trinajstić information content (AvgIpc) is 3.48. The van der Waals surface area contributed by atoms with Crippen LogP contribution in [0.4, 0.5) is 5.69 Å². The first-order valence-corrected chi connectivity index (χ1v) is 11.8. The molecular weight excluding hydrogens is 454 g/mol. The van der Waals surface area contributed by atoms with Crippen LogP contribution >= 0.6 is 11.6 Å². The van der Waals surface area contributed by atoms with Crippen LogP contribution in [-0.4, -0.2) is 58.8 Å². The maximum absolute atomic E-state index is 13.4. The third-order valence-electron chi connectivity index (χ3n) is 6.28. The number of likely N-dealkylation sites (tertiary alicyclic amines) is 2. The average molecular weight is 480 g/mol. The van der Waals surface area contributed by atoms with E-state index in [9.17, 15) is 20.1 Å². The Morgan fingerprint density at radius 2 is 1.88 bits per heavy atom. The van der Waals surface area contributed by atoms with Crippen molar-refractivity contribution in [3.63, 3.8) is 0 Å². The minimum Gasteiger partial charge on any atom is -0.358 e. The SMILES string of the molecule is N#CC(C#N)=C(Nc1cccc2c(Cl)c[nH]c12)NC1CCCCN(CC(=O)N2CCCC2)C1=O. The minimum absolute atomic E-state index is 0.0366. The van der Waals surface area contributed by atoms with E-state index in [1.807, 2.05) is 24.3 Å². The predicted molar refractivity (Wildman–Crippen MR) is 128 cm³/mol. The molecule has 0 aliphatic carbocycles. The number of aromatic nitrogens is 1. The molecule has 10 heteroatoms. The minimum atomic E-state index is -0.667. The summed E-state index contributed by atoms with van der Waals surface area (Å²) in [7, 11) is 0. The number of hydrogen-bond donors (Lipinski definition) is 3. The number of halogens is 1. The molecule has 3 N–H and O–H groups in total. The highest BCUT2D eigenvalue weighted by molar-refractivity contribution is 6.35. The van der Waals surface area contributed by atoms with E-state index in [1.165, 1.54) is 0 Å². The molecule has 2 fully saturated rings. The second-order valence-corrected chi connectivity index (χ2v) is 8.91. The monoisotopic (exact) mass is 479 g/mol. The van der Waals surface area contributed by atoms with E-state index < -0.39 is 6.04 Å². The van der Waals surface area contributed by atoms with Crippen molar-refractivity contribution >= 4 is 40.0 Å². The molecule has 9 nitrogen and oxygen atoms in total. The highest BCUT2D eigenvalue weighted by Gasteiger charge is 2.31. The molecule has 34 heavy (non-hydrogen) atoms. The van der Waals surface area contributed by atoms with Gasteiger partial charge in [0.15, 0.2) is 5.57 Å². The summed E-state index contributed by atoms with van der Waals surface area (Å²) in [4.78, 5) is 32.5. The maximum atomic E-state index is 13.4. The molecule has 3 heterocycles. The zero-order valence-electron chi connectivity index (χ0n) is 18.7. The van der Waals surface area contributed by atoms with Gasteiger partial charge in [-0.05, 0) is 38.2 Å². The van der Waals surface area contributed by atoms with Gasteiger partial charge >= 0.3 is 0 Å². The normalized spacial score (nSPS) is 18.2. The van der Waals surface area contributed by atoms with Gasteiger partial charge in [-0.2, -0.15) is 10.5 Å². The number of carbonyl (C=O) groups is 2. The van der Waals surface area contributed by atoms with E-state index >= 15 is 0 Å². The lowest BCUT2D eigenvalue weighted by Crippen LogP contribution is -2.49. The zero-order valence-corrected chi connectivity index (χ0v) is 19.5. The molecule has 176 valence electrons. The van der Waals surface area contributed by atoms with Gasteiger partial charge in [0, 0.05) is 31.2 Å². The summed E-state index contributed by atoms with van der Waals surface area (Å²) in [6.07, 6.45) is 5.74. The number of aromatic amines is 1. The van der Waals surface area contributed by atoms with Crippen LogP contribution in [-0.2, 0) is 9.59 Å². The second kappa shape index (κ2) is 10.5. The molecule has 2 aliphatic rings. The highest BCUT2D eigenvalue weighted by Crippen LogP contribution is 2.29. The number of H-pyrrole nitrogens is 1. The second-order valence-electron chi connectivity index (χ2n) is 8.50. The van der Waals surface area contributed by atoms with Crippen LogP contribution in [0, 0.1) is 22.7 Å². The van der Waals surface area contributed by atoms with Crippen molar-refractivity contribution in [3.8, 4) is 12.1 Å². The number of nitriles is 2. The molecule has 2 aliphatic heterocycles. The maximum Gasteiger partial charge on any atom is 0.245 e. The van der Waals surface area contributed by atoms with Crippen LogP contribution in [0.2, 0.25) is 5.02 Å². The number of fused-ring (bicyclic) bond motifs is 1. The van der Waals surface area contributed by atoms with Crippen LogP contribution in [0.1, 0.15) is 32.1 Å². The third-order valence-corrected chi connectivity index (χ3v) is 6.60. The van der Waals surface area contributed by atoms with Crippen molar-refractivity contribution in [2.45, 2.75) is 38.1 Å². The summed E-state index contributed by atoms with van der Waals surface area (Å²) < 4.78 is 0. The fourth-order valence-electron chi connectivity index (χ4n) is 4.47. The number of allylic oxidation sites excluding steroid dienone is 1. The van der Waals surface area contributed by atoms with Gasteiger partial charge in [-0.25, -0.2) is 0 Å². The smallest absolute Gasteiger partial charge is 0.245 e. The molecule has 1 aromatic heterocycles. The number of hydrogen-bond acceptors (Lipinski definition) is 6. The first-order chi connectivity index (χ1) is 16.5. The lowest BCUT2D eigenvalue weighted by atomic mass is 10.1. The fourth-order valence-corrected chi connectivity index (χ4v) is 4.68. The van der Waals surface area contributed by atoms with E-state index in [-0.39, 0.29) is 29.8 Å². The van der Waals surface area contributed by atoms with Gasteiger partial charge in [0.2, 0.25) is 11.8 Å². The molecule has 1 unspecified atom stereocenters. The topological polar surface area (TPSA) is 128 Å². The summed E-state index contributed by atoms with van der Waals surface area (Å²) in [6.45, 7) is 2.03. The first kappa shape index (κ1) is 23.5. The lowest BCUT2D eigenvalue weighted by Gasteiger charge is -2.27. The summed E-state index contributed by atoms with van der Waals surface area (Å²) in [6, 6.07) is 8.58. The van der Waals surface area contributed by atoms with Crippen molar-refractivity contribution in [1.82, 2.24) is 20.1 Å². The van der Waals surface area contributed by atoms with Crippen molar-refractivity contribution < 1.29 is 9.59 Å². The molecule has 1 aromatic carbocycles. The number of carbonyl (C=O) groups excluding carboxylic acids is 2. The van der Waals surface area contributed by atoms with Gasteiger partial charge in [-0.1, -0.05) is 23.7 Å². The van der Waals surface area contributed by atoms with Crippen molar-refractivity contribution in [1.29, 1.82) is 10.5 Å². The zero-order chi connectivity index (χ0) is 24.1. The Labute approximate surface area is 202 Å². The van der Waals surface area contributed by atoms with E-state index in [1.54, 1.807) is 22.1 Å². The molecule has 1 atom stereocenters. The number of para-hydroxylation sites is 1. The molecule has 2 saturated heterocycles. The molecular formula is C24H26ClN7O2. The van der Waals surface area contributed by atoms with Gasteiger partial charge in [0.05, 0.1) is 22.8 Å². The quantitative estimate of drug-likeness (QED) is 0.546. The molecule has 4 rings (SSSR count). The Morgan fingerprint density at radius 1 is 1.15 bits per heavy atom. The Balaban J connectivity index is 1.56. The van der Waals surface area contributed by atoms with Crippen LogP contribution < -0.4 is 10.6 Å². The van der Waals surface area contributed by atoms with Crippen LogP contribution in [0.3, 0.4) is 0 Å². The summed E-state index contributed by atoms with van der Waals surface area (Å²) in [5, 5.41) is 26.7. The van der Waals surface area contributed by atoms with Gasteiger partial charge < -0.3 is 25.4 Å². The van der Waals surface area contributed by atoms with Crippen LogP contribution in [0.25, 0.3) is 10.9 Å². The number of amides is 2. The number of nitrogens with one attached hydrogen (secondary N) is 3. The number of benzene rings is 1. The number of anilines is 1. The van der Waals surface area contributed by atoms with E-state index in [0.717, 1.165) is 44.2 Å². The molecule has 0 radical (unpaired) electrons. The predicted octanol–water partition coefficient (Wildman–Crippen LogP) is 3.09. The summed E-state index contributed by atoms with van der Waals surface area (Å²) in [5.41, 5.74) is 1.15. The Morgan fingerprint density at radius 3 is 2.62 bits per heavy atom. The number of rotatable bonds is 6. The van der Waals surface area contributed by atoms with E-state index in [2.05, 4.69) is 15.6 Å².